The summed E-state index contributed by atoms with van der Waals surface area (Å²) in [6.45, 7) is 5.65. The Morgan fingerprint density at radius 3 is 2.41 bits per heavy atom. The van der Waals surface area contributed by atoms with Crippen molar-refractivity contribution in [3.8, 4) is 0 Å². The predicted octanol–water partition coefficient (Wildman–Crippen LogP) is 3.39. The lowest BCUT2D eigenvalue weighted by Gasteiger charge is -2.27. The number of halogens is 1. The largest absolute Gasteiger partial charge is 0.303 e. The highest BCUT2D eigenvalue weighted by atomic mass is 35.5. The maximum atomic E-state index is 11.0. The molecule has 0 N–H and O–H groups in total. The molecule has 0 spiro atoms. The van der Waals surface area contributed by atoms with Crippen molar-refractivity contribution in [2.45, 2.75) is 26.8 Å². The first-order valence-corrected chi connectivity index (χ1v) is 6.26. The second-order valence-electron chi connectivity index (χ2n) is 4.92. The molecule has 1 atom stereocenters. The van der Waals surface area contributed by atoms with Crippen LogP contribution in [0, 0.1) is 5.41 Å². The Morgan fingerprint density at radius 2 is 1.94 bits per heavy atom. The van der Waals surface area contributed by atoms with Crippen LogP contribution in [0.1, 0.15) is 25.8 Å². The van der Waals surface area contributed by atoms with E-state index in [0.29, 0.717) is 0 Å². The fourth-order valence-corrected chi connectivity index (χ4v) is 1.93. The van der Waals surface area contributed by atoms with Gasteiger partial charge in [0.1, 0.15) is 6.29 Å². The van der Waals surface area contributed by atoms with E-state index in [0.717, 1.165) is 30.8 Å². The van der Waals surface area contributed by atoms with Crippen molar-refractivity contribution in [2.75, 3.05) is 13.6 Å². The minimum atomic E-state index is -0.249. The SMILES string of the molecule is CCC(C)(C=O)CN(C)Cc1ccc(Cl)cc1. The summed E-state index contributed by atoms with van der Waals surface area (Å²) in [4.78, 5) is 13.2. The molecular weight excluding hydrogens is 234 g/mol. The second-order valence-corrected chi connectivity index (χ2v) is 5.36. The maximum absolute atomic E-state index is 11.0. The molecule has 0 bridgehead atoms. The van der Waals surface area contributed by atoms with Gasteiger partial charge in [-0.25, -0.2) is 0 Å². The van der Waals surface area contributed by atoms with Crippen LogP contribution in [-0.2, 0) is 11.3 Å². The number of rotatable bonds is 6. The van der Waals surface area contributed by atoms with Gasteiger partial charge in [0.15, 0.2) is 0 Å². The molecule has 0 aliphatic heterocycles. The molecule has 1 unspecified atom stereocenters. The van der Waals surface area contributed by atoms with Gasteiger partial charge in [0.2, 0.25) is 0 Å². The number of aldehydes is 1. The number of hydrogen-bond acceptors (Lipinski definition) is 2. The van der Waals surface area contributed by atoms with Crippen LogP contribution >= 0.6 is 11.6 Å². The van der Waals surface area contributed by atoms with Crippen LogP contribution in [0.5, 0.6) is 0 Å². The zero-order chi connectivity index (χ0) is 12.9. The Balaban J connectivity index is 2.57. The molecule has 94 valence electrons. The lowest BCUT2D eigenvalue weighted by molar-refractivity contribution is -0.116. The van der Waals surface area contributed by atoms with Crippen LogP contribution in [-0.4, -0.2) is 24.8 Å². The molecule has 3 heteroatoms. The predicted molar refractivity (Wildman–Crippen MR) is 72.2 cm³/mol. The van der Waals surface area contributed by atoms with Gasteiger partial charge in [0, 0.05) is 23.5 Å². The van der Waals surface area contributed by atoms with Crippen LogP contribution < -0.4 is 0 Å². The standard InChI is InChI=1S/C14H20ClNO/c1-4-14(2,11-17)10-16(3)9-12-5-7-13(15)8-6-12/h5-8,11H,4,9-10H2,1-3H3. The van der Waals surface area contributed by atoms with E-state index in [4.69, 9.17) is 11.6 Å². The third-order valence-electron chi connectivity index (χ3n) is 3.09. The van der Waals surface area contributed by atoms with Crippen LogP contribution in [0.3, 0.4) is 0 Å². The Morgan fingerprint density at radius 1 is 1.35 bits per heavy atom. The Bertz CT molecular complexity index is 363. The zero-order valence-electron chi connectivity index (χ0n) is 10.7. The Hall–Kier alpha value is -0.860. The third-order valence-corrected chi connectivity index (χ3v) is 3.34. The molecular formula is C14H20ClNO. The van der Waals surface area contributed by atoms with Gasteiger partial charge in [-0.1, -0.05) is 37.6 Å². The monoisotopic (exact) mass is 253 g/mol. The van der Waals surface area contributed by atoms with E-state index < -0.39 is 0 Å². The van der Waals surface area contributed by atoms with Crippen molar-refractivity contribution in [1.29, 1.82) is 0 Å². The van der Waals surface area contributed by atoms with E-state index in [9.17, 15) is 4.79 Å². The number of hydrogen-bond donors (Lipinski definition) is 0. The van der Waals surface area contributed by atoms with Crippen molar-refractivity contribution < 1.29 is 4.79 Å². The summed E-state index contributed by atoms with van der Waals surface area (Å²) >= 11 is 5.84. The van der Waals surface area contributed by atoms with Gasteiger partial charge in [-0.2, -0.15) is 0 Å². The number of carbonyl (C=O) groups excluding carboxylic acids is 1. The minimum Gasteiger partial charge on any atom is -0.303 e. The summed E-state index contributed by atoms with van der Waals surface area (Å²) in [7, 11) is 2.03. The molecule has 0 amide bonds. The van der Waals surface area contributed by atoms with Crippen LogP contribution in [0.15, 0.2) is 24.3 Å². The molecule has 0 saturated carbocycles. The van der Waals surface area contributed by atoms with E-state index in [-0.39, 0.29) is 5.41 Å². The van der Waals surface area contributed by atoms with Gasteiger partial charge in [-0.3, -0.25) is 0 Å². The summed E-state index contributed by atoms with van der Waals surface area (Å²) in [6, 6.07) is 7.82. The highest BCUT2D eigenvalue weighted by Gasteiger charge is 2.22. The highest BCUT2D eigenvalue weighted by Crippen LogP contribution is 2.20. The minimum absolute atomic E-state index is 0.249. The smallest absolute Gasteiger partial charge is 0.127 e. The zero-order valence-corrected chi connectivity index (χ0v) is 11.5. The number of nitrogens with zero attached hydrogens (tertiary/aromatic N) is 1. The molecule has 1 aromatic carbocycles. The van der Waals surface area contributed by atoms with Gasteiger partial charge in [0.05, 0.1) is 0 Å². The van der Waals surface area contributed by atoms with Crippen molar-refractivity contribution in [2.24, 2.45) is 5.41 Å². The van der Waals surface area contributed by atoms with Gasteiger partial charge >= 0.3 is 0 Å². The van der Waals surface area contributed by atoms with Crippen molar-refractivity contribution in [3.05, 3.63) is 34.9 Å². The van der Waals surface area contributed by atoms with Crippen LogP contribution in [0.4, 0.5) is 0 Å². The second kappa shape index (κ2) is 6.18. The first kappa shape index (κ1) is 14.2. The normalized spacial score (nSPS) is 14.6. The van der Waals surface area contributed by atoms with Crippen molar-refractivity contribution in [1.82, 2.24) is 4.90 Å². The maximum Gasteiger partial charge on any atom is 0.127 e. The van der Waals surface area contributed by atoms with E-state index in [2.05, 4.69) is 4.90 Å². The van der Waals surface area contributed by atoms with Gasteiger partial charge in [-0.05, 0) is 31.2 Å². The van der Waals surface area contributed by atoms with Crippen molar-refractivity contribution in [3.63, 3.8) is 0 Å². The van der Waals surface area contributed by atoms with E-state index in [1.54, 1.807) is 0 Å². The first-order valence-electron chi connectivity index (χ1n) is 5.88. The van der Waals surface area contributed by atoms with Crippen LogP contribution in [0.25, 0.3) is 0 Å². The lowest BCUT2D eigenvalue weighted by Crippen LogP contribution is -2.33. The molecule has 2 nitrogen and oxygen atoms in total. The quantitative estimate of drug-likeness (QED) is 0.725. The molecule has 0 saturated heterocycles. The van der Waals surface area contributed by atoms with Gasteiger partial charge < -0.3 is 9.69 Å². The third kappa shape index (κ3) is 4.49. The first-order chi connectivity index (χ1) is 7.99. The molecule has 0 radical (unpaired) electrons. The highest BCUT2D eigenvalue weighted by molar-refractivity contribution is 6.30. The van der Waals surface area contributed by atoms with Gasteiger partial charge in [0.25, 0.3) is 0 Å². The summed E-state index contributed by atoms with van der Waals surface area (Å²) in [5.74, 6) is 0. The molecule has 1 rings (SSSR count). The van der Waals surface area contributed by atoms with E-state index in [1.165, 1.54) is 5.56 Å². The molecule has 0 aliphatic rings. The molecule has 0 aromatic heterocycles. The molecule has 0 fully saturated rings. The van der Waals surface area contributed by atoms with Crippen LogP contribution in [0.2, 0.25) is 5.02 Å². The fraction of sp³-hybridized carbons (Fsp3) is 0.500. The molecule has 1 aromatic rings. The molecule has 0 aliphatic carbocycles. The average Bonchev–Trinajstić information content (AvgIpc) is 2.32. The average molecular weight is 254 g/mol. The topological polar surface area (TPSA) is 20.3 Å². The Labute approximate surface area is 109 Å². The summed E-state index contributed by atoms with van der Waals surface area (Å²) in [5.41, 5.74) is 0.961. The fourth-order valence-electron chi connectivity index (χ4n) is 1.81. The van der Waals surface area contributed by atoms with E-state index in [1.807, 2.05) is 45.2 Å². The summed E-state index contributed by atoms with van der Waals surface area (Å²) in [5, 5.41) is 0.752. The molecule has 0 heterocycles. The van der Waals surface area contributed by atoms with Crippen molar-refractivity contribution >= 4 is 17.9 Å². The number of benzene rings is 1. The van der Waals surface area contributed by atoms with Gasteiger partial charge in [-0.15, -0.1) is 0 Å². The Kier molecular flexibility index (Phi) is 5.16. The molecule has 17 heavy (non-hydrogen) atoms. The lowest BCUT2D eigenvalue weighted by atomic mass is 9.89. The summed E-state index contributed by atoms with van der Waals surface area (Å²) in [6.07, 6.45) is 1.92. The number of carbonyl (C=O) groups is 1. The summed E-state index contributed by atoms with van der Waals surface area (Å²) < 4.78 is 0. The van der Waals surface area contributed by atoms with E-state index >= 15 is 0 Å².